The minimum atomic E-state index is -0.109. The zero-order valence-corrected chi connectivity index (χ0v) is 17.5. The molecule has 152 valence electrons. The summed E-state index contributed by atoms with van der Waals surface area (Å²) in [5, 5.41) is 0.706. The molecule has 1 aliphatic rings. The monoisotopic (exact) mass is 418 g/mol. The number of aromatic nitrogens is 1. The van der Waals surface area contributed by atoms with Gasteiger partial charge in [-0.1, -0.05) is 42.5 Å². The zero-order valence-electron chi connectivity index (χ0n) is 16.7. The van der Waals surface area contributed by atoms with E-state index >= 15 is 0 Å². The fourth-order valence-corrected chi connectivity index (χ4v) is 3.77. The number of carbonyl (C=O) groups excluding carboxylic acids is 1. The first-order chi connectivity index (χ1) is 14.8. The number of hydrogen-bond acceptors (Lipinski definition) is 5. The number of benzene rings is 2. The summed E-state index contributed by atoms with van der Waals surface area (Å²) in [4.78, 5) is 19.6. The molecule has 0 fully saturated rings. The molecule has 2 heterocycles. The van der Waals surface area contributed by atoms with Crippen LogP contribution in [0.25, 0.3) is 6.08 Å². The molecule has 3 aromatic rings. The Balaban J connectivity index is 1.67. The standard InChI is InChI=1S/C24H22N2O3S/c1-30-23-20(10-5-13-25-23)24(27)26(14-6-9-18-7-3-2-4-8-18)19-11-12-21-22(17-19)29-16-15-28-21/h2-13,17H,14-16H2,1H3/b9-6+. The summed E-state index contributed by atoms with van der Waals surface area (Å²) in [6.45, 7) is 1.44. The van der Waals surface area contributed by atoms with E-state index in [1.54, 1.807) is 17.2 Å². The van der Waals surface area contributed by atoms with Crippen LogP contribution in [-0.2, 0) is 0 Å². The van der Waals surface area contributed by atoms with E-state index in [9.17, 15) is 4.79 Å². The maximum Gasteiger partial charge on any atom is 0.261 e. The smallest absolute Gasteiger partial charge is 0.261 e. The minimum Gasteiger partial charge on any atom is -0.486 e. The van der Waals surface area contributed by atoms with E-state index in [1.807, 2.05) is 73.0 Å². The molecule has 0 spiro atoms. The molecule has 1 aliphatic heterocycles. The molecule has 0 aliphatic carbocycles. The van der Waals surface area contributed by atoms with Crippen molar-refractivity contribution in [1.29, 1.82) is 0 Å². The zero-order chi connectivity index (χ0) is 20.8. The van der Waals surface area contributed by atoms with Crippen LogP contribution in [0.5, 0.6) is 11.5 Å². The average Bonchev–Trinajstić information content (AvgIpc) is 2.82. The minimum absolute atomic E-state index is 0.109. The van der Waals surface area contributed by atoms with E-state index < -0.39 is 0 Å². The van der Waals surface area contributed by atoms with Gasteiger partial charge in [0.05, 0.1) is 5.56 Å². The fourth-order valence-electron chi connectivity index (χ4n) is 3.23. The van der Waals surface area contributed by atoms with Gasteiger partial charge >= 0.3 is 0 Å². The van der Waals surface area contributed by atoms with Crippen LogP contribution in [0.2, 0.25) is 0 Å². The van der Waals surface area contributed by atoms with Crippen molar-refractivity contribution in [3.63, 3.8) is 0 Å². The first-order valence-corrected chi connectivity index (χ1v) is 10.9. The molecule has 5 nitrogen and oxygen atoms in total. The topological polar surface area (TPSA) is 51.7 Å². The molecule has 1 amide bonds. The van der Waals surface area contributed by atoms with Gasteiger partial charge in [0.15, 0.2) is 11.5 Å². The summed E-state index contributed by atoms with van der Waals surface area (Å²) in [6.07, 6.45) is 7.62. The second-order valence-electron chi connectivity index (χ2n) is 6.62. The molecule has 30 heavy (non-hydrogen) atoms. The normalized spacial score (nSPS) is 12.7. The van der Waals surface area contributed by atoms with Crippen LogP contribution in [0.3, 0.4) is 0 Å². The van der Waals surface area contributed by atoms with Gasteiger partial charge < -0.3 is 14.4 Å². The summed E-state index contributed by atoms with van der Waals surface area (Å²) in [5.41, 5.74) is 2.41. The summed E-state index contributed by atoms with van der Waals surface area (Å²) in [6, 6.07) is 19.2. The van der Waals surface area contributed by atoms with Crippen LogP contribution in [0.4, 0.5) is 5.69 Å². The number of hydrogen-bond donors (Lipinski definition) is 0. The molecule has 0 unspecified atom stereocenters. The lowest BCUT2D eigenvalue weighted by Crippen LogP contribution is -2.32. The summed E-state index contributed by atoms with van der Waals surface area (Å²) < 4.78 is 11.3. The van der Waals surface area contributed by atoms with E-state index in [0.29, 0.717) is 41.8 Å². The van der Waals surface area contributed by atoms with E-state index in [1.165, 1.54) is 11.8 Å². The Morgan fingerprint density at radius 2 is 1.87 bits per heavy atom. The number of amides is 1. The van der Waals surface area contributed by atoms with Crippen molar-refractivity contribution in [2.75, 3.05) is 30.9 Å². The molecular weight excluding hydrogens is 396 g/mol. The molecule has 0 saturated heterocycles. The lowest BCUT2D eigenvalue weighted by Gasteiger charge is -2.25. The second kappa shape index (κ2) is 9.50. The van der Waals surface area contributed by atoms with Crippen molar-refractivity contribution in [2.45, 2.75) is 5.03 Å². The number of rotatable bonds is 6. The van der Waals surface area contributed by atoms with E-state index in [0.717, 1.165) is 11.3 Å². The third-order valence-electron chi connectivity index (χ3n) is 4.68. The first kappa shape index (κ1) is 20.0. The highest BCUT2D eigenvalue weighted by Crippen LogP contribution is 2.35. The number of anilines is 1. The van der Waals surface area contributed by atoms with Crippen LogP contribution < -0.4 is 14.4 Å². The molecule has 4 rings (SSSR count). The molecule has 6 heteroatoms. The summed E-state index contributed by atoms with van der Waals surface area (Å²) >= 11 is 1.46. The summed E-state index contributed by atoms with van der Waals surface area (Å²) in [7, 11) is 0. The second-order valence-corrected chi connectivity index (χ2v) is 7.41. The van der Waals surface area contributed by atoms with Gasteiger partial charge in [0.1, 0.15) is 18.2 Å². The Bertz CT molecular complexity index is 1050. The number of pyridine rings is 1. The third kappa shape index (κ3) is 4.49. The Morgan fingerprint density at radius 1 is 1.07 bits per heavy atom. The number of thioether (sulfide) groups is 1. The van der Waals surface area contributed by atoms with Gasteiger partial charge in [-0.2, -0.15) is 0 Å². The van der Waals surface area contributed by atoms with E-state index in [4.69, 9.17) is 9.47 Å². The van der Waals surface area contributed by atoms with Crippen molar-refractivity contribution in [3.05, 3.63) is 84.1 Å². The summed E-state index contributed by atoms with van der Waals surface area (Å²) in [5.74, 6) is 1.24. The van der Waals surface area contributed by atoms with Crippen LogP contribution in [0.15, 0.2) is 78.0 Å². The molecule has 0 radical (unpaired) electrons. The highest BCUT2D eigenvalue weighted by Gasteiger charge is 2.22. The lowest BCUT2D eigenvalue weighted by atomic mass is 10.1. The largest absolute Gasteiger partial charge is 0.486 e. The van der Waals surface area contributed by atoms with Crippen molar-refractivity contribution in [3.8, 4) is 11.5 Å². The molecule has 0 saturated carbocycles. The lowest BCUT2D eigenvalue weighted by molar-refractivity contribution is 0.0986. The first-order valence-electron chi connectivity index (χ1n) is 9.68. The van der Waals surface area contributed by atoms with Gasteiger partial charge in [0.2, 0.25) is 0 Å². The van der Waals surface area contributed by atoms with Gasteiger partial charge in [0, 0.05) is 24.5 Å². The van der Waals surface area contributed by atoms with Crippen molar-refractivity contribution in [1.82, 2.24) is 4.98 Å². The van der Waals surface area contributed by atoms with Crippen LogP contribution in [0.1, 0.15) is 15.9 Å². The van der Waals surface area contributed by atoms with Gasteiger partial charge in [-0.05, 0) is 36.1 Å². The number of nitrogens with zero attached hydrogens (tertiary/aromatic N) is 2. The molecular formula is C24H22N2O3S. The number of ether oxygens (including phenoxy) is 2. The molecule has 0 atom stereocenters. The molecule has 0 bridgehead atoms. The predicted octanol–water partition coefficient (Wildman–Crippen LogP) is 4.93. The Hall–Kier alpha value is -3.25. The molecule has 2 aromatic carbocycles. The molecule has 1 aromatic heterocycles. The van der Waals surface area contributed by atoms with Crippen molar-refractivity contribution in [2.24, 2.45) is 0 Å². The van der Waals surface area contributed by atoms with E-state index in [2.05, 4.69) is 4.98 Å². The molecule has 0 N–H and O–H groups in total. The van der Waals surface area contributed by atoms with Crippen molar-refractivity contribution >= 4 is 29.4 Å². The maximum atomic E-state index is 13.5. The quantitative estimate of drug-likeness (QED) is 0.531. The Labute approximate surface area is 180 Å². The van der Waals surface area contributed by atoms with Gasteiger partial charge in [-0.15, -0.1) is 11.8 Å². The van der Waals surface area contributed by atoms with Gasteiger partial charge in [-0.3, -0.25) is 4.79 Å². The SMILES string of the molecule is CSc1ncccc1C(=O)N(C/C=C/c1ccccc1)c1ccc2c(c1)OCCO2. The highest BCUT2D eigenvalue weighted by atomic mass is 32.2. The third-order valence-corrected chi connectivity index (χ3v) is 5.39. The number of carbonyl (C=O) groups is 1. The average molecular weight is 419 g/mol. The maximum absolute atomic E-state index is 13.5. The van der Waals surface area contributed by atoms with E-state index in [-0.39, 0.29) is 5.91 Å². The highest BCUT2D eigenvalue weighted by molar-refractivity contribution is 7.98. The Kier molecular flexibility index (Phi) is 6.35. The van der Waals surface area contributed by atoms with Crippen molar-refractivity contribution < 1.29 is 14.3 Å². The van der Waals surface area contributed by atoms with Crippen LogP contribution >= 0.6 is 11.8 Å². The van der Waals surface area contributed by atoms with Gasteiger partial charge in [-0.25, -0.2) is 4.98 Å². The van der Waals surface area contributed by atoms with Crippen LogP contribution in [0, 0.1) is 0 Å². The number of fused-ring (bicyclic) bond motifs is 1. The predicted molar refractivity (Wildman–Crippen MR) is 121 cm³/mol. The van der Waals surface area contributed by atoms with Gasteiger partial charge in [0.25, 0.3) is 5.91 Å². The fraction of sp³-hybridized carbons (Fsp3) is 0.167. The van der Waals surface area contributed by atoms with Crippen LogP contribution in [-0.4, -0.2) is 36.9 Å². The Morgan fingerprint density at radius 3 is 2.67 bits per heavy atom.